The van der Waals surface area contributed by atoms with E-state index in [1.165, 1.54) is 24.3 Å². The molecule has 0 unspecified atom stereocenters. The average molecular weight is 628 g/mol. The predicted octanol–water partition coefficient (Wildman–Crippen LogP) is 3.63. The van der Waals surface area contributed by atoms with E-state index in [0.717, 1.165) is 0 Å². The number of ether oxygens (including phenoxy) is 3. The molecular formula is C32H43N4O9-. The standard InChI is InChI=1S/C32H43N4O9/c1-20(2)25(18-28(38)45-32(3,4)5)30(40)35-26(7-6-16-34-31(33)41)27(37)17-21-8-12-23(13-9-21)43-19-29(39)44-24-14-10-22(36-42)11-15-24/h8-15,20,25-26,36H,6-7,16-19H2,1-5H3,(H,35,40)(H3,33,34,41)/q-1/t25-,26-/m0/s1. The van der Waals surface area contributed by atoms with E-state index in [2.05, 4.69) is 10.6 Å². The van der Waals surface area contributed by atoms with E-state index in [9.17, 15) is 29.2 Å². The number of Topliss-reactive ketones (excluding diaryl/α,β-unsaturated/α-hetero) is 1. The van der Waals surface area contributed by atoms with Crippen LogP contribution in [0.25, 0.3) is 0 Å². The molecule has 0 spiro atoms. The van der Waals surface area contributed by atoms with Crippen molar-refractivity contribution in [2.45, 2.75) is 71.9 Å². The number of hydrogen-bond donors (Lipinski definition) is 4. The Morgan fingerprint density at radius 3 is 2.09 bits per heavy atom. The first-order valence-corrected chi connectivity index (χ1v) is 14.7. The number of ketones is 1. The summed E-state index contributed by atoms with van der Waals surface area (Å²) in [6, 6.07) is 10.8. The van der Waals surface area contributed by atoms with Gasteiger partial charge in [0.1, 0.15) is 17.1 Å². The van der Waals surface area contributed by atoms with Gasteiger partial charge in [0.15, 0.2) is 12.4 Å². The minimum atomic E-state index is -0.878. The molecule has 0 saturated heterocycles. The van der Waals surface area contributed by atoms with Gasteiger partial charge in [0, 0.05) is 18.7 Å². The van der Waals surface area contributed by atoms with E-state index in [-0.39, 0.29) is 49.9 Å². The lowest BCUT2D eigenvalue weighted by Gasteiger charge is -2.26. The Labute approximate surface area is 263 Å². The van der Waals surface area contributed by atoms with E-state index in [4.69, 9.17) is 19.9 Å². The Morgan fingerprint density at radius 2 is 1.53 bits per heavy atom. The van der Waals surface area contributed by atoms with Crippen LogP contribution in [0.15, 0.2) is 48.5 Å². The number of hydrogen-bond acceptors (Lipinski definition) is 10. The van der Waals surface area contributed by atoms with Crippen LogP contribution in [-0.4, -0.2) is 54.5 Å². The van der Waals surface area contributed by atoms with Crippen LogP contribution < -0.4 is 31.3 Å². The predicted molar refractivity (Wildman–Crippen MR) is 167 cm³/mol. The largest absolute Gasteiger partial charge is 0.761 e. The lowest BCUT2D eigenvalue weighted by atomic mass is 9.90. The number of urea groups is 1. The van der Waals surface area contributed by atoms with E-state index in [1.54, 1.807) is 50.5 Å². The number of carbonyl (C=O) groups is 5. The molecule has 3 amide bonds. The molecule has 246 valence electrons. The van der Waals surface area contributed by atoms with E-state index < -0.39 is 41.4 Å². The third-order valence-electron chi connectivity index (χ3n) is 6.48. The smallest absolute Gasteiger partial charge is 0.349 e. The Morgan fingerprint density at radius 1 is 0.911 bits per heavy atom. The van der Waals surface area contributed by atoms with Gasteiger partial charge in [-0.15, -0.1) is 0 Å². The van der Waals surface area contributed by atoms with Crippen LogP contribution in [0, 0.1) is 17.0 Å². The Balaban J connectivity index is 2.01. The topological polar surface area (TPSA) is 198 Å². The van der Waals surface area contributed by atoms with Gasteiger partial charge in [-0.2, -0.15) is 0 Å². The normalized spacial score (nSPS) is 12.4. The average Bonchev–Trinajstić information content (AvgIpc) is 2.96. The second-order valence-corrected chi connectivity index (χ2v) is 11.8. The van der Waals surface area contributed by atoms with Gasteiger partial charge in [0.2, 0.25) is 5.91 Å². The van der Waals surface area contributed by atoms with Crippen molar-refractivity contribution in [1.29, 1.82) is 0 Å². The maximum Gasteiger partial charge on any atom is 0.349 e. The summed E-state index contributed by atoms with van der Waals surface area (Å²) < 4.78 is 16.0. The van der Waals surface area contributed by atoms with Gasteiger partial charge >= 0.3 is 18.0 Å². The fourth-order valence-electron chi connectivity index (χ4n) is 4.23. The maximum atomic E-state index is 13.4. The summed E-state index contributed by atoms with van der Waals surface area (Å²) in [6.07, 6.45) is 0.469. The van der Waals surface area contributed by atoms with Crippen molar-refractivity contribution in [2.75, 3.05) is 18.6 Å². The SMILES string of the molecule is CC(C)[C@H](CC(=O)OC(C)(C)C)C(=O)N[C@@H](CCCNC(N)=O)C(=O)Cc1ccc(OCC(=O)Oc2ccc(N[O-])cc2)cc1. The number of carbonyl (C=O) groups excluding carboxylic acids is 5. The molecule has 2 aromatic carbocycles. The molecule has 2 rings (SSSR count). The lowest BCUT2D eigenvalue weighted by Crippen LogP contribution is -2.46. The van der Waals surface area contributed by atoms with Gasteiger partial charge in [-0.25, -0.2) is 9.59 Å². The third kappa shape index (κ3) is 14.1. The molecule has 0 radical (unpaired) electrons. The number of esters is 2. The van der Waals surface area contributed by atoms with Crippen LogP contribution in [-0.2, 0) is 30.3 Å². The van der Waals surface area contributed by atoms with Gasteiger partial charge in [0.05, 0.1) is 18.4 Å². The summed E-state index contributed by atoms with van der Waals surface area (Å²) in [7, 11) is 0. The molecule has 0 fully saturated rings. The molecule has 0 aliphatic rings. The molecule has 0 aliphatic heterocycles. The summed E-state index contributed by atoms with van der Waals surface area (Å²) in [5.41, 5.74) is 7.14. The number of nitrogens with two attached hydrogens (primary N) is 1. The van der Waals surface area contributed by atoms with E-state index in [0.29, 0.717) is 23.4 Å². The monoisotopic (exact) mass is 627 g/mol. The van der Waals surface area contributed by atoms with Crippen LogP contribution in [0.5, 0.6) is 11.5 Å². The fraction of sp³-hybridized carbons (Fsp3) is 0.469. The minimum Gasteiger partial charge on any atom is -0.761 e. The first kappa shape index (κ1) is 36.5. The van der Waals surface area contributed by atoms with Crippen LogP contribution in [0.4, 0.5) is 10.5 Å². The van der Waals surface area contributed by atoms with Crippen molar-refractivity contribution in [3.8, 4) is 11.5 Å². The molecular weight excluding hydrogens is 584 g/mol. The summed E-state index contributed by atoms with van der Waals surface area (Å²) in [5, 5.41) is 15.9. The van der Waals surface area contributed by atoms with E-state index >= 15 is 0 Å². The van der Waals surface area contributed by atoms with Gasteiger partial charge < -0.3 is 41.3 Å². The third-order valence-corrected chi connectivity index (χ3v) is 6.48. The van der Waals surface area contributed by atoms with Gasteiger partial charge in [-0.3, -0.25) is 14.4 Å². The zero-order valence-electron chi connectivity index (χ0n) is 26.3. The number of primary amides is 1. The molecule has 0 aliphatic carbocycles. The number of amides is 3. The summed E-state index contributed by atoms with van der Waals surface area (Å²) in [4.78, 5) is 62.3. The van der Waals surface area contributed by atoms with Crippen molar-refractivity contribution in [1.82, 2.24) is 10.6 Å². The zero-order valence-corrected chi connectivity index (χ0v) is 26.3. The molecule has 0 heterocycles. The quantitative estimate of drug-likeness (QED) is 0.0869. The molecule has 13 nitrogen and oxygen atoms in total. The molecule has 5 N–H and O–H groups in total. The number of anilines is 1. The molecule has 0 bridgehead atoms. The highest BCUT2D eigenvalue weighted by molar-refractivity contribution is 5.92. The minimum absolute atomic E-state index is 0.0108. The second-order valence-electron chi connectivity index (χ2n) is 11.8. The first-order chi connectivity index (χ1) is 21.2. The maximum absolute atomic E-state index is 13.4. The van der Waals surface area contributed by atoms with Crippen LogP contribution >= 0.6 is 0 Å². The molecule has 2 aromatic rings. The van der Waals surface area contributed by atoms with Gasteiger partial charge in [-0.05, 0) is 81.5 Å². The lowest BCUT2D eigenvalue weighted by molar-refractivity contribution is -0.158. The number of nitrogens with one attached hydrogen (secondary N) is 3. The summed E-state index contributed by atoms with van der Waals surface area (Å²) >= 11 is 0. The van der Waals surface area contributed by atoms with Gasteiger partial charge in [0.25, 0.3) is 0 Å². The Bertz CT molecular complexity index is 1290. The van der Waals surface area contributed by atoms with Crippen molar-refractivity contribution in [2.24, 2.45) is 17.6 Å². The Kier molecular flexibility index (Phi) is 14.3. The van der Waals surface area contributed by atoms with Crippen molar-refractivity contribution >= 4 is 35.3 Å². The molecule has 2 atom stereocenters. The van der Waals surface area contributed by atoms with Crippen molar-refractivity contribution < 1.29 is 38.2 Å². The second kappa shape index (κ2) is 17.6. The molecule has 0 aromatic heterocycles. The summed E-state index contributed by atoms with van der Waals surface area (Å²) in [6.45, 7) is 8.72. The van der Waals surface area contributed by atoms with Crippen molar-refractivity contribution in [3.05, 3.63) is 59.3 Å². The number of benzene rings is 2. The number of rotatable bonds is 17. The van der Waals surface area contributed by atoms with Crippen LogP contribution in [0.1, 0.15) is 59.4 Å². The Hall–Kier alpha value is -4.65. The highest BCUT2D eigenvalue weighted by Crippen LogP contribution is 2.21. The molecule has 45 heavy (non-hydrogen) atoms. The van der Waals surface area contributed by atoms with Gasteiger partial charge in [-0.1, -0.05) is 26.0 Å². The van der Waals surface area contributed by atoms with Crippen LogP contribution in [0.3, 0.4) is 0 Å². The molecule has 0 saturated carbocycles. The highest BCUT2D eigenvalue weighted by atomic mass is 16.6. The first-order valence-electron chi connectivity index (χ1n) is 14.7. The summed E-state index contributed by atoms with van der Waals surface area (Å²) in [5.74, 6) is -2.14. The molecule has 13 heteroatoms. The van der Waals surface area contributed by atoms with E-state index in [1.807, 2.05) is 13.8 Å². The highest BCUT2D eigenvalue weighted by Gasteiger charge is 2.31. The fourth-order valence-corrected chi connectivity index (χ4v) is 4.23. The van der Waals surface area contributed by atoms with Crippen molar-refractivity contribution in [3.63, 3.8) is 0 Å². The van der Waals surface area contributed by atoms with Crippen LogP contribution in [0.2, 0.25) is 0 Å². The zero-order chi connectivity index (χ0) is 33.6.